The van der Waals surface area contributed by atoms with Crippen LogP contribution in [0.15, 0.2) is 0 Å². The van der Waals surface area contributed by atoms with Gasteiger partial charge in [0, 0.05) is 39.3 Å². The molecule has 0 unspecified atom stereocenters. The number of ether oxygens (including phenoxy) is 3. The first kappa shape index (κ1) is 22.5. The highest BCUT2D eigenvalue weighted by Crippen LogP contribution is 2.32. The molecule has 2 saturated heterocycles. The highest BCUT2D eigenvalue weighted by atomic mass is 16.5. The van der Waals surface area contributed by atoms with Gasteiger partial charge >= 0.3 is 0 Å². The number of hydrogen-bond donors (Lipinski definition) is 0. The molecule has 5 heteroatoms. The third-order valence-corrected chi connectivity index (χ3v) is 6.13. The molecule has 28 heavy (non-hydrogen) atoms. The summed E-state index contributed by atoms with van der Waals surface area (Å²) in [5.74, 6) is 0. The molecular weight excluding hydrogens is 352 g/mol. The molecule has 0 bridgehead atoms. The van der Waals surface area contributed by atoms with Gasteiger partial charge in [-0.2, -0.15) is 0 Å². The molecule has 5 nitrogen and oxygen atoms in total. The minimum Gasteiger partial charge on any atom is -0.377 e. The fourth-order valence-electron chi connectivity index (χ4n) is 4.81. The summed E-state index contributed by atoms with van der Waals surface area (Å²) in [5.41, 5.74) is 0.407. The predicted molar refractivity (Wildman–Crippen MR) is 114 cm³/mol. The van der Waals surface area contributed by atoms with Gasteiger partial charge in [0.1, 0.15) is 0 Å². The molecule has 0 atom stereocenters. The van der Waals surface area contributed by atoms with E-state index >= 15 is 0 Å². The number of nitrogens with zero attached hydrogens (tertiary/aromatic N) is 2. The molecule has 2 heterocycles. The second kappa shape index (κ2) is 8.89. The summed E-state index contributed by atoms with van der Waals surface area (Å²) in [7, 11) is 0. The predicted octanol–water partition coefficient (Wildman–Crippen LogP) is 3.56. The molecule has 0 aromatic rings. The van der Waals surface area contributed by atoms with Crippen LogP contribution in [0.25, 0.3) is 0 Å². The molecule has 1 aliphatic carbocycles. The zero-order chi connectivity index (χ0) is 20.4. The Morgan fingerprint density at radius 3 is 2.21 bits per heavy atom. The van der Waals surface area contributed by atoms with Gasteiger partial charge in [0.15, 0.2) is 0 Å². The fourth-order valence-corrected chi connectivity index (χ4v) is 4.81. The van der Waals surface area contributed by atoms with Crippen LogP contribution in [0.5, 0.6) is 0 Å². The van der Waals surface area contributed by atoms with Crippen molar-refractivity contribution in [2.45, 2.75) is 90.6 Å². The highest BCUT2D eigenvalue weighted by Gasteiger charge is 2.40. The zero-order valence-electron chi connectivity index (χ0n) is 19.3. The van der Waals surface area contributed by atoms with E-state index in [2.05, 4.69) is 51.3 Å². The summed E-state index contributed by atoms with van der Waals surface area (Å²) in [6.45, 7) is 21.8. The Balaban J connectivity index is 1.31. The van der Waals surface area contributed by atoms with Gasteiger partial charge < -0.3 is 19.1 Å². The van der Waals surface area contributed by atoms with Gasteiger partial charge in [0.05, 0.1) is 36.6 Å². The van der Waals surface area contributed by atoms with E-state index in [0.29, 0.717) is 17.6 Å². The van der Waals surface area contributed by atoms with Crippen molar-refractivity contribution in [3.05, 3.63) is 0 Å². The lowest BCUT2D eigenvalue weighted by Gasteiger charge is -2.48. The largest absolute Gasteiger partial charge is 0.377 e. The van der Waals surface area contributed by atoms with E-state index in [4.69, 9.17) is 14.2 Å². The summed E-state index contributed by atoms with van der Waals surface area (Å²) in [6.07, 6.45) is 5.20. The van der Waals surface area contributed by atoms with Crippen molar-refractivity contribution in [3.63, 3.8) is 0 Å². The molecule has 3 fully saturated rings. The van der Waals surface area contributed by atoms with Gasteiger partial charge in [0.25, 0.3) is 0 Å². The van der Waals surface area contributed by atoms with Crippen molar-refractivity contribution >= 4 is 0 Å². The van der Waals surface area contributed by atoms with E-state index in [1.165, 1.54) is 0 Å². The average Bonchev–Trinajstić information content (AvgIpc) is 2.52. The number of morpholine rings is 1. The first-order chi connectivity index (χ1) is 13.0. The molecule has 3 rings (SSSR count). The zero-order valence-corrected chi connectivity index (χ0v) is 19.3. The van der Waals surface area contributed by atoms with Crippen LogP contribution in [0.1, 0.15) is 67.2 Å². The van der Waals surface area contributed by atoms with Gasteiger partial charge in [-0.15, -0.1) is 0 Å². The van der Waals surface area contributed by atoms with E-state index in [-0.39, 0.29) is 11.2 Å². The summed E-state index contributed by atoms with van der Waals surface area (Å²) < 4.78 is 18.4. The third kappa shape index (κ3) is 6.94. The van der Waals surface area contributed by atoms with Crippen molar-refractivity contribution in [3.8, 4) is 0 Å². The SMILES string of the molecule is CC(C)(C)CN1CCOC2(CCN(CCOC3CC(OC(C)(C)C)C3)CC2)C1. The van der Waals surface area contributed by atoms with E-state index in [1.54, 1.807) is 0 Å². The number of likely N-dealkylation sites (tertiary alicyclic amines) is 1. The Labute approximate surface area is 173 Å². The molecule has 3 aliphatic rings. The maximum Gasteiger partial charge on any atom is 0.0833 e. The monoisotopic (exact) mass is 396 g/mol. The number of rotatable bonds is 6. The van der Waals surface area contributed by atoms with Crippen LogP contribution in [0.2, 0.25) is 0 Å². The lowest BCUT2D eigenvalue weighted by Crippen LogP contribution is -2.58. The molecule has 0 radical (unpaired) electrons. The molecule has 0 aromatic heterocycles. The molecular formula is C23H44N2O3. The molecule has 0 aromatic carbocycles. The van der Waals surface area contributed by atoms with Crippen molar-refractivity contribution in [2.75, 3.05) is 52.5 Å². The number of piperidine rings is 1. The van der Waals surface area contributed by atoms with E-state index in [1.807, 2.05) is 0 Å². The van der Waals surface area contributed by atoms with Gasteiger partial charge in [-0.3, -0.25) is 4.90 Å². The van der Waals surface area contributed by atoms with Crippen LogP contribution >= 0.6 is 0 Å². The van der Waals surface area contributed by atoms with Crippen LogP contribution < -0.4 is 0 Å². The molecule has 0 amide bonds. The summed E-state index contributed by atoms with van der Waals surface area (Å²) >= 11 is 0. The van der Waals surface area contributed by atoms with Gasteiger partial charge in [-0.05, 0) is 51.9 Å². The fraction of sp³-hybridized carbons (Fsp3) is 1.00. The first-order valence-electron chi connectivity index (χ1n) is 11.4. The molecule has 2 aliphatic heterocycles. The van der Waals surface area contributed by atoms with Crippen LogP contribution in [-0.2, 0) is 14.2 Å². The van der Waals surface area contributed by atoms with Crippen LogP contribution in [-0.4, -0.2) is 85.7 Å². The third-order valence-electron chi connectivity index (χ3n) is 6.13. The van der Waals surface area contributed by atoms with Crippen molar-refractivity contribution in [2.24, 2.45) is 5.41 Å². The maximum atomic E-state index is 6.31. The summed E-state index contributed by atoms with van der Waals surface area (Å²) in [4.78, 5) is 5.17. The van der Waals surface area contributed by atoms with Gasteiger partial charge in [0.2, 0.25) is 0 Å². The second-order valence-corrected chi connectivity index (χ2v) is 11.5. The number of hydrogen-bond acceptors (Lipinski definition) is 5. The van der Waals surface area contributed by atoms with Crippen LogP contribution in [0.3, 0.4) is 0 Å². The van der Waals surface area contributed by atoms with E-state index in [9.17, 15) is 0 Å². The molecule has 1 saturated carbocycles. The normalized spacial score (nSPS) is 29.8. The lowest BCUT2D eigenvalue weighted by molar-refractivity contribution is -0.154. The smallest absolute Gasteiger partial charge is 0.0833 e. The topological polar surface area (TPSA) is 34.2 Å². The Hall–Kier alpha value is -0.200. The van der Waals surface area contributed by atoms with Crippen molar-refractivity contribution < 1.29 is 14.2 Å². The van der Waals surface area contributed by atoms with Crippen LogP contribution in [0.4, 0.5) is 0 Å². The van der Waals surface area contributed by atoms with Gasteiger partial charge in [-0.1, -0.05) is 20.8 Å². The Bertz CT molecular complexity index is 483. The Morgan fingerprint density at radius 1 is 0.929 bits per heavy atom. The first-order valence-corrected chi connectivity index (χ1v) is 11.4. The lowest BCUT2D eigenvalue weighted by atomic mass is 9.88. The average molecular weight is 397 g/mol. The van der Waals surface area contributed by atoms with E-state index in [0.717, 1.165) is 78.2 Å². The standard InChI is InChI=1S/C23H44N2O3/c1-21(2,3)17-25-12-14-27-23(18-25)7-9-24(10-8-23)11-13-26-19-15-20(16-19)28-22(4,5)6/h19-20H,7-18H2,1-6H3. The van der Waals surface area contributed by atoms with Crippen molar-refractivity contribution in [1.29, 1.82) is 0 Å². The second-order valence-electron chi connectivity index (χ2n) is 11.5. The van der Waals surface area contributed by atoms with E-state index < -0.39 is 0 Å². The maximum absolute atomic E-state index is 6.31. The quantitative estimate of drug-likeness (QED) is 0.686. The summed E-state index contributed by atoms with van der Waals surface area (Å²) in [5, 5.41) is 0. The molecule has 0 N–H and O–H groups in total. The molecule has 164 valence electrons. The minimum atomic E-state index is -0.0386. The Kier molecular flexibility index (Phi) is 7.14. The van der Waals surface area contributed by atoms with Crippen molar-refractivity contribution in [1.82, 2.24) is 9.80 Å². The minimum absolute atomic E-state index is 0.0386. The Morgan fingerprint density at radius 2 is 1.61 bits per heavy atom. The van der Waals surface area contributed by atoms with Gasteiger partial charge in [-0.25, -0.2) is 0 Å². The van der Waals surface area contributed by atoms with Crippen LogP contribution in [0, 0.1) is 5.41 Å². The molecule has 1 spiro atoms. The summed E-state index contributed by atoms with van der Waals surface area (Å²) in [6, 6.07) is 0. The highest BCUT2D eigenvalue weighted by molar-refractivity contribution is 4.93.